The topological polar surface area (TPSA) is 77.3 Å². The highest BCUT2D eigenvalue weighted by atomic mass is 15.1. The Morgan fingerprint density at radius 1 is 0.944 bits per heavy atom. The van der Waals surface area contributed by atoms with E-state index in [-0.39, 0.29) is 0 Å². The Morgan fingerprint density at radius 3 is 2.56 bits per heavy atom. The summed E-state index contributed by atoms with van der Waals surface area (Å²) < 4.78 is 0. The van der Waals surface area contributed by atoms with Crippen molar-refractivity contribution in [2.45, 2.75) is 0 Å². The average molecular weight is 235 g/mol. The van der Waals surface area contributed by atoms with E-state index in [9.17, 15) is 0 Å². The minimum absolute atomic E-state index is 0.546. The summed E-state index contributed by atoms with van der Waals surface area (Å²) in [4.78, 5) is 7.98. The molecule has 0 fully saturated rings. The summed E-state index contributed by atoms with van der Waals surface area (Å²) in [5.41, 5.74) is 2.86. The molecule has 85 valence electrons. The van der Waals surface area contributed by atoms with E-state index in [0.717, 1.165) is 11.1 Å². The molecule has 6 heteroatoms. The van der Waals surface area contributed by atoms with Crippen LogP contribution in [0.4, 0.5) is 0 Å². The fourth-order valence-electron chi connectivity index (χ4n) is 1.56. The molecular formula is C12H7N6. The van der Waals surface area contributed by atoms with Gasteiger partial charge in [0.1, 0.15) is 17.7 Å². The lowest BCUT2D eigenvalue weighted by Gasteiger charge is -2.05. The Labute approximate surface area is 103 Å². The van der Waals surface area contributed by atoms with Gasteiger partial charge in [-0.3, -0.25) is 0 Å². The Kier molecular flexibility index (Phi) is 2.67. The summed E-state index contributed by atoms with van der Waals surface area (Å²) in [6.45, 7) is 0. The molecule has 0 spiro atoms. The molecular weight excluding hydrogens is 228 g/mol. The highest BCUT2D eigenvalue weighted by Crippen LogP contribution is 2.26. The number of hydrogen-bond donors (Lipinski definition) is 0. The van der Waals surface area contributed by atoms with Gasteiger partial charge < -0.3 is 0 Å². The van der Waals surface area contributed by atoms with Crippen LogP contribution >= 0.6 is 0 Å². The van der Waals surface area contributed by atoms with Crippen LogP contribution in [0.5, 0.6) is 0 Å². The van der Waals surface area contributed by atoms with Crippen LogP contribution in [0.3, 0.4) is 0 Å². The van der Waals surface area contributed by atoms with Crippen molar-refractivity contribution >= 4 is 0 Å². The van der Waals surface area contributed by atoms with Crippen molar-refractivity contribution in [3.8, 4) is 22.5 Å². The van der Waals surface area contributed by atoms with Gasteiger partial charge in [-0.15, -0.1) is 10.2 Å². The van der Waals surface area contributed by atoms with Crippen molar-refractivity contribution in [2.24, 2.45) is 0 Å². The third kappa shape index (κ3) is 1.91. The molecule has 0 amide bonds. The van der Waals surface area contributed by atoms with Crippen LogP contribution in [-0.4, -0.2) is 30.4 Å². The summed E-state index contributed by atoms with van der Waals surface area (Å²) in [6, 6.07) is 6.50. The number of nitrogens with zero attached hydrogens (tertiary/aromatic N) is 6. The normalized spacial score (nSPS) is 10.2. The van der Waals surface area contributed by atoms with Crippen molar-refractivity contribution in [3.63, 3.8) is 0 Å². The molecule has 18 heavy (non-hydrogen) atoms. The van der Waals surface area contributed by atoms with E-state index in [1.54, 1.807) is 30.9 Å². The highest BCUT2D eigenvalue weighted by molar-refractivity contribution is 5.77. The molecule has 3 heterocycles. The van der Waals surface area contributed by atoms with Crippen LogP contribution in [0.15, 0.2) is 43.2 Å². The first-order valence-corrected chi connectivity index (χ1v) is 5.22. The van der Waals surface area contributed by atoms with Gasteiger partial charge in [0.05, 0.1) is 12.4 Å². The van der Waals surface area contributed by atoms with E-state index in [0.29, 0.717) is 11.4 Å². The Bertz CT molecular complexity index is 582. The fraction of sp³-hybridized carbons (Fsp3) is 0. The third-order valence-electron chi connectivity index (χ3n) is 2.34. The van der Waals surface area contributed by atoms with Crippen molar-refractivity contribution in [1.82, 2.24) is 30.4 Å². The van der Waals surface area contributed by atoms with Crippen molar-refractivity contribution in [2.75, 3.05) is 0 Å². The molecule has 0 aliphatic rings. The van der Waals surface area contributed by atoms with Gasteiger partial charge in [-0.05, 0) is 12.1 Å². The molecule has 3 aromatic heterocycles. The standard InChI is InChI=1S/C12H7N6/c1-2-11(17-15-4-1)12-10(3-5-16-18-12)9-6-13-8-14-7-9/h1,3-8H. The second-order valence-electron chi connectivity index (χ2n) is 3.44. The van der Waals surface area contributed by atoms with Gasteiger partial charge in [0.25, 0.3) is 0 Å². The zero-order chi connectivity index (χ0) is 12.2. The minimum atomic E-state index is 0.546. The second-order valence-corrected chi connectivity index (χ2v) is 3.44. The lowest BCUT2D eigenvalue weighted by molar-refractivity contribution is 0.988. The monoisotopic (exact) mass is 235 g/mol. The molecule has 1 radical (unpaired) electrons. The van der Waals surface area contributed by atoms with Crippen LogP contribution in [0.25, 0.3) is 22.5 Å². The van der Waals surface area contributed by atoms with E-state index >= 15 is 0 Å². The summed E-state index contributed by atoms with van der Waals surface area (Å²) in [5.74, 6) is 0. The smallest absolute Gasteiger partial charge is 0.122 e. The summed E-state index contributed by atoms with van der Waals surface area (Å²) in [7, 11) is 0. The average Bonchev–Trinajstić information content (AvgIpc) is 2.49. The summed E-state index contributed by atoms with van der Waals surface area (Å²) in [5, 5.41) is 15.8. The lowest BCUT2D eigenvalue weighted by Crippen LogP contribution is -1.95. The van der Waals surface area contributed by atoms with E-state index in [1.807, 2.05) is 6.07 Å². The van der Waals surface area contributed by atoms with Crippen molar-refractivity contribution in [3.05, 3.63) is 49.3 Å². The van der Waals surface area contributed by atoms with Crippen LogP contribution in [0.1, 0.15) is 0 Å². The molecule has 0 aromatic carbocycles. The van der Waals surface area contributed by atoms with E-state index < -0.39 is 0 Å². The molecule has 3 rings (SSSR count). The second kappa shape index (κ2) is 4.62. The molecule has 0 N–H and O–H groups in total. The first-order chi connectivity index (χ1) is 8.95. The van der Waals surface area contributed by atoms with Gasteiger partial charge in [-0.1, -0.05) is 0 Å². The maximum absolute atomic E-state index is 4.09. The maximum Gasteiger partial charge on any atom is 0.122 e. The van der Waals surface area contributed by atoms with Gasteiger partial charge in [0.15, 0.2) is 0 Å². The predicted octanol–water partition coefficient (Wildman–Crippen LogP) is 1.19. The molecule has 0 aliphatic carbocycles. The molecule has 0 atom stereocenters. The van der Waals surface area contributed by atoms with Crippen LogP contribution < -0.4 is 0 Å². The first kappa shape index (κ1) is 10.4. The minimum Gasteiger partial charge on any atom is -0.244 e. The largest absolute Gasteiger partial charge is 0.244 e. The Hall–Kier alpha value is -2.76. The van der Waals surface area contributed by atoms with Gasteiger partial charge >= 0.3 is 0 Å². The van der Waals surface area contributed by atoms with Crippen molar-refractivity contribution < 1.29 is 0 Å². The number of rotatable bonds is 2. The van der Waals surface area contributed by atoms with E-state index in [2.05, 4.69) is 36.4 Å². The quantitative estimate of drug-likeness (QED) is 0.664. The third-order valence-corrected chi connectivity index (χ3v) is 2.34. The molecule has 0 aliphatic heterocycles. The van der Waals surface area contributed by atoms with Crippen LogP contribution in [0, 0.1) is 6.07 Å². The zero-order valence-corrected chi connectivity index (χ0v) is 9.22. The van der Waals surface area contributed by atoms with Gasteiger partial charge in [-0.2, -0.15) is 10.2 Å². The van der Waals surface area contributed by atoms with Crippen LogP contribution in [0.2, 0.25) is 0 Å². The number of aromatic nitrogens is 6. The molecule has 0 saturated heterocycles. The summed E-state index contributed by atoms with van der Waals surface area (Å²) in [6.07, 6.45) is 8.08. The van der Waals surface area contributed by atoms with Crippen molar-refractivity contribution in [1.29, 1.82) is 0 Å². The predicted molar refractivity (Wildman–Crippen MR) is 62.9 cm³/mol. The Morgan fingerprint density at radius 2 is 1.78 bits per heavy atom. The van der Waals surface area contributed by atoms with Crippen LogP contribution in [-0.2, 0) is 0 Å². The molecule has 0 bridgehead atoms. The first-order valence-electron chi connectivity index (χ1n) is 5.22. The molecule has 3 aromatic rings. The van der Waals surface area contributed by atoms with E-state index in [4.69, 9.17) is 0 Å². The molecule has 6 nitrogen and oxygen atoms in total. The van der Waals surface area contributed by atoms with Gasteiger partial charge in [-0.25, -0.2) is 9.97 Å². The molecule has 0 unspecified atom stereocenters. The fourth-order valence-corrected chi connectivity index (χ4v) is 1.56. The Balaban J connectivity index is 2.18. The SMILES string of the molecule is [c]1ccnnc1-c1nnccc1-c1cncnc1. The van der Waals surface area contributed by atoms with Gasteiger partial charge in [0, 0.05) is 29.6 Å². The van der Waals surface area contributed by atoms with E-state index in [1.165, 1.54) is 6.33 Å². The van der Waals surface area contributed by atoms with Gasteiger partial charge in [0.2, 0.25) is 0 Å². The highest BCUT2D eigenvalue weighted by Gasteiger charge is 2.10. The number of hydrogen-bond acceptors (Lipinski definition) is 6. The zero-order valence-electron chi connectivity index (χ0n) is 9.22. The maximum atomic E-state index is 4.09. The molecule has 0 saturated carbocycles. The summed E-state index contributed by atoms with van der Waals surface area (Å²) >= 11 is 0. The lowest BCUT2D eigenvalue weighted by atomic mass is 10.1.